The fraction of sp³-hybridized carbons (Fsp3) is 0.600. The number of rotatable bonds is 3. The Morgan fingerprint density at radius 2 is 1.68 bits per heavy atom. The lowest BCUT2D eigenvalue weighted by atomic mass is 9.76. The minimum absolute atomic E-state index is 0. The smallest absolute Gasteiger partial charge is 0.0641 e. The van der Waals surface area contributed by atoms with Crippen molar-refractivity contribution >= 4 is 59.6 Å². The van der Waals surface area contributed by atoms with Crippen molar-refractivity contribution in [2.24, 2.45) is 5.92 Å². The van der Waals surface area contributed by atoms with Gasteiger partial charge in [-0.2, -0.15) is 0 Å². The zero-order chi connectivity index (χ0) is 14.1. The highest BCUT2D eigenvalue weighted by atomic mass is 35.5. The third kappa shape index (κ3) is 4.36. The average Bonchev–Trinajstić information content (AvgIpc) is 2.39. The van der Waals surface area contributed by atoms with Crippen molar-refractivity contribution in [3.8, 4) is 0 Å². The maximum absolute atomic E-state index is 6.47. The van der Waals surface area contributed by atoms with E-state index < -0.39 is 0 Å². The number of hydrogen-bond donors (Lipinski definition) is 1. The van der Waals surface area contributed by atoms with Crippen LogP contribution < -0.4 is 5.32 Å². The molecule has 1 aromatic carbocycles. The van der Waals surface area contributed by atoms with Crippen LogP contribution in [0.1, 0.15) is 30.9 Å². The molecule has 0 amide bonds. The lowest BCUT2D eigenvalue weighted by molar-refractivity contribution is 0.0838. The van der Waals surface area contributed by atoms with Gasteiger partial charge in [0.15, 0.2) is 0 Å². The Balaban J connectivity index is 0.00000121. The summed E-state index contributed by atoms with van der Waals surface area (Å²) in [6.07, 6.45) is 3.86. The van der Waals surface area contributed by atoms with E-state index in [1.807, 2.05) is 6.07 Å². The van der Waals surface area contributed by atoms with E-state index in [0.29, 0.717) is 27.0 Å². The summed E-state index contributed by atoms with van der Waals surface area (Å²) in [5, 5.41) is 5.32. The second-order valence-electron chi connectivity index (χ2n) is 5.71. The molecule has 2 nitrogen and oxygen atoms in total. The molecule has 0 aromatic heterocycles. The molecular formula is C15H21Cl5N2. The van der Waals surface area contributed by atoms with Crippen LogP contribution in [0.25, 0.3) is 0 Å². The van der Waals surface area contributed by atoms with Crippen LogP contribution in [0, 0.1) is 5.92 Å². The molecule has 1 saturated carbocycles. The normalized spacial score (nSPS) is 20.5. The maximum atomic E-state index is 6.47. The van der Waals surface area contributed by atoms with Gasteiger partial charge < -0.3 is 5.32 Å². The molecule has 1 atom stereocenters. The first-order valence-electron chi connectivity index (χ1n) is 7.26. The largest absolute Gasteiger partial charge is 0.314 e. The van der Waals surface area contributed by atoms with Crippen LogP contribution in [0.15, 0.2) is 12.1 Å². The number of nitrogens with zero attached hydrogens (tertiary/aromatic N) is 1. The van der Waals surface area contributed by atoms with Gasteiger partial charge in [0.2, 0.25) is 0 Å². The molecule has 0 unspecified atom stereocenters. The molecule has 1 aromatic rings. The van der Waals surface area contributed by atoms with Crippen molar-refractivity contribution < 1.29 is 0 Å². The maximum Gasteiger partial charge on any atom is 0.0641 e. The lowest BCUT2D eigenvalue weighted by Gasteiger charge is -2.43. The summed E-state index contributed by atoms with van der Waals surface area (Å²) in [5.74, 6) is 0.681. The fourth-order valence-corrected chi connectivity index (χ4v) is 3.99. The first-order chi connectivity index (χ1) is 9.66. The van der Waals surface area contributed by atoms with Crippen LogP contribution in [0.2, 0.25) is 15.1 Å². The number of nitrogens with one attached hydrogen (secondary N) is 1. The Hall–Kier alpha value is 0.590. The Labute approximate surface area is 159 Å². The molecule has 0 radical (unpaired) electrons. The predicted molar refractivity (Wildman–Crippen MR) is 100 cm³/mol. The molecule has 0 spiro atoms. The van der Waals surface area contributed by atoms with Gasteiger partial charge in [-0.05, 0) is 36.5 Å². The lowest BCUT2D eigenvalue weighted by Crippen LogP contribution is -2.47. The van der Waals surface area contributed by atoms with Crippen molar-refractivity contribution in [2.75, 3.05) is 26.2 Å². The third-order valence-corrected chi connectivity index (χ3v) is 5.52. The SMILES string of the molecule is Cl.Cl.Clc1cc(Cl)c(Cl)c([C@@H](C2CCC2)N2CCNCC2)c1. The van der Waals surface area contributed by atoms with Gasteiger partial charge in [-0.25, -0.2) is 0 Å². The molecule has 3 rings (SSSR count). The minimum atomic E-state index is 0. The number of hydrogen-bond acceptors (Lipinski definition) is 2. The van der Waals surface area contributed by atoms with Gasteiger partial charge in [0.25, 0.3) is 0 Å². The second kappa shape index (κ2) is 9.17. The number of piperazine rings is 1. The number of benzene rings is 1. The summed E-state index contributed by atoms with van der Waals surface area (Å²) in [5.41, 5.74) is 1.11. The van der Waals surface area contributed by atoms with Crippen molar-refractivity contribution in [1.82, 2.24) is 10.2 Å². The standard InChI is InChI=1S/C15H19Cl3N2.2ClH/c16-11-8-12(14(18)13(17)9-11)15(10-2-1-3-10)20-6-4-19-5-7-20;;/h8-10,15,19H,1-7H2;2*1H/t15-;;/m1../s1. The molecule has 1 N–H and O–H groups in total. The Morgan fingerprint density at radius 1 is 1.05 bits per heavy atom. The van der Waals surface area contributed by atoms with Crippen molar-refractivity contribution in [1.29, 1.82) is 0 Å². The Morgan fingerprint density at radius 3 is 2.23 bits per heavy atom. The Kier molecular flexibility index (Phi) is 8.60. The minimum Gasteiger partial charge on any atom is -0.314 e. The van der Waals surface area contributed by atoms with E-state index in [9.17, 15) is 0 Å². The van der Waals surface area contributed by atoms with E-state index in [-0.39, 0.29) is 24.8 Å². The van der Waals surface area contributed by atoms with Crippen LogP contribution in [0.4, 0.5) is 0 Å². The van der Waals surface area contributed by atoms with E-state index in [0.717, 1.165) is 31.7 Å². The summed E-state index contributed by atoms with van der Waals surface area (Å²) >= 11 is 18.9. The van der Waals surface area contributed by atoms with Crippen LogP contribution in [-0.4, -0.2) is 31.1 Å². The average molecular weight is 407 g/mol. The summed E-state index contributed by atoms with van der Waals surface area (Å²) in [7, 11) is 0. The highest BCUT2D eigenvalue weighted by molar-refractivity contribution is 6.43. The van der Waals surface area contributed by atoms with Crippen molar-refractivity contribution in [3.63, 3.8) is 0 Å². The third-order valence-electron chi connectivity index (χ3n) is 4.48. The zero-order valence-electron chi connectivity index (χ0n) is 12.2. The summed E-state index contributed by atoms with van der Waals surface area (Å²) in [6.45, 7) is 4.19. The summed E-state index contributed by atoms with van der Waals surface area (Å²) in [6, 6.07) is 4.08. The first-order valence-corrected chi connectivity index (χ1v) is 8.39. The molecule has 126 valence electrons. The molecule has 2 aliphatic rings. The molecule has 0 bridgehead atoms. The van der Waals surface area contributed by atoms with E-state index in [1.54, 1.807) is 6.07 Å². The van der Waals surface area contributed by atoms with E-state index in [1.165, 1.54) is 19.3 Å². The summed E-state index contributed by atoms with van der Waals surface area (Å²) < 4.78 is 0. The first kappa shape index (κ1) is 20.6. The Bertz CT molecular complexity index is 487. The van der Waals surface area contributed by atoms with Gasteiger partial charge in [-0.1, -0.05) is 41.2 Å². The van der Waals surface area contributed by atoms with Gasteiger partial charge >= 0.3 is 0 Å². The highest BCUT2D eigenvalue weighted by Crippen LogP contribution is 2.45. The highest BCUT2D eigenvalue weighted by Gasteiger charge is 2.35. The quantitative estimate of drug-likeness (QED) is 0.691. The molecule has 1 saturated heterocycles. The van der Waals surface area contributed by atoms with Crippen LogP contribution in [0.5, 0.6) is 0 Å². The van der Waals surface area contributed by atoms with Crippen molar-refractivity contribution in [2.45, 2.75) is 25.3 Å². The van der Waals surface area contributed by atoms with E-state index in [4.69, 9.17) is 34.8 Å². The topological polar surface area (TPSA) is 15.3 Å². The van der Waals surface area contributed by atoms with Gasteiger partial charge in [-0.15, -0.1) is 24.8 Å². The molecule has 22 heavy (non-hydrogen) atoms. The van der Waals surface area contributed by atoms with Gasteiger partial charge in [-0.3, -0.25) is 4.90 Å². The van der Waals surface area contributed by atoms with Gasteiger partial charge in [0, 0.05) is 37.2 Å². The van der Waals surface area contributed by atoms with E-state index >= 15 is 0 Å². The molecule has 7 heteroatoms. The second-order valence-corrected chi connectivity index (χ2v) is 6.93. The molecule has 1 aliphatic heterocycles. The van der Waals surface area contributed by atoms with Crippen LogP contribution >= 0.6 is 59.6 Å². The molecule has 1 aliphatic carbocycles. The van der Waals surface area contributed by atoms with E-state index in [2.05, 4.69) is 10.2 Å². The zero-order valence-corrected chi connectivity index (χ0v) is 16.1. The fourth-order valence-electron chi connectivity index (χ4n) is 3.26. The molecule has 2 fully saturated rings. The monoisotopic (exact) mass is 404 g/mol. The number of halogens is 5. The summed E-state index contributed by atoms with van der Waals surface area (Å²) in [4.78, 5) is 2.54. The van der Waals surface area contributed by atoms with Gasteiger partial charge in [0.05, 0.1) is 10.0 Å². The molecule has 1 heterocycles. The molecular weight excluding hydrogens is 385 g/mol. The van der Waals surface area contributed by atoms with Crippen LogP contribution in [0.3, 0.4) is 0 Å². The van der Waals surface area contributed by atoms with Crippen LogP contribution in [-0.2, 0) is 0 Å². The van der Waals surface area contributed by atoms with Gasteiger partial charge in [0.1, 0.15) is 0 Å². The van der Waals surface area contributed by atoms with Crippen molar-refractivity contribution in [3.05, 3.63) is 32.8 Å². The predicted octanol–water partition coefficient (Wildman–Crippen LogP) is 5.24.